The summed E-state index contributed by atoms with van der Waals surface area (Å²) in [5, 5.41) is 0. The van der Waals surface area contributed by atoms with E-state index in [0.29, 0.717) is 13.0 Å². The van der Waals surface area contributed by atoms with Gasteiger partial charge in [-0.1, -0.05) is 18.6 Å². The molecule has 4 rings (SSSR count). The van der Waals surface area contributed by atoms with E-state index < -0.39 is 39.6 Å². The van der Waals surface area contributed by atoms with Gasteiger partial charge in [0.25, 0.3) is 0 Å². The van der Waals surface area contributed by atoms with Crippen LogP contribution in [0.5, 0.6) is 0 Å². The van der Waals surface area contributed by atoms with Crippen molar-refractivity contribution in [2.24, 2.45) is 5.92 Å². The van der Waals surface area contributed by atoms with Gasteiger partial charge in [0.15, 0.2) is 0 Å². The van der Waals surface area contributed by atoms with Crippen molar-refractivity contribution >= 4 is 15.9 Å². The number of nitrogens with zero attached hydrogens (tertiary/aromatic N) is 1. The summed E-state index contributed by atoms with van der Waals surface area (Å²) in [5.74, 6) is -2.14. The second-order valence-electron chi connectivity index (χ2n) is 8.65. The van der Waals surface area contributed by atoms with E-state index in [2.05, 4.69) is 4.72 Å². The third kappa shape index (κ3) is 4.83. The number of nitrogens with one attached hydrogen (secondary N) is 1. The van der Waals surface area contributed by atoms with Crippen LogP contribution in [-0.2, 0) is 21.2 Å². The molecule has 9 heteroatoms. The van der Waals surface area contributed by atoms with E-state index in [4.69, 9.17) is 0 Å². The first-order chi connectivity index (χ1) is 15.1. The Bertz CT molecular complexity index is 1140. The molecule has 1 aliphatic heterocycles. The zero-order valence-electron chi connectivity index (χ0n) is 17.7. The molecule has 1 heterocycles. The quantitative estimate of drug-likeness (QED) is 0.707. The van der Waals surface area contributed by atoms with Crippen molar-refractivity contribution in [1.82, 2.24) is 9.62 Å². The number of hydrogen-bond acceptors (Lipinski definition) is 3. The lowest BCUT2D eigenvalue weighted by atomic mass is 9.84. The predicted molar refractivity (Wildman–Crippen MR) is 115 cm³/mol. The summed E-state index contributed by atoms with van der Waals surface area (Å²) in [7, 11) is -3.57. The SMILES string of the molecule is CS(=O)(=O)N[C@H]1CCN(C(=O)C2CCC2)[C@H]1Cc1cc(F)cc(-c2cccc(F)c2)c1F. The molecule has 0 aromatic heterocycles. The normalized spacial score (nSPS) is 21.6. The molecule has 1 saturated carbocycles. The monoisotopic (exact) mass is 466 g/mol. The van der Waals surface area contributed by atoms with Gasteiger partial charge in [0, 0.05) is 24.1 Å². The second kappa shape index (κ2) is 8.86. The maximum Gasteiger partial charge on any atom is 0.225 e. The highest BCUT2D eigenvalue weighted by atomic mass is 32.2. The summed E-state index contributed by atoms with van der Waals surface area (Å²) in [4.78, 5) is 14.6. The lowest BCUT2D eigenvalue weighted by molar-refractivity contribution is -0.139. The van der Waals surface area contributed by atoms with E-state index in [0.717, 1.165) is 43.7 Å². The summed E-state index contributed by atoms with van der Waals surface area (Å²) in [6.07, 6.45) is 3.90. The van der Waals surface area contributed by atoms with Crippen LogP contribution < -0.4 is 4.72 Å². The Balaban J connectivity index is 1.69. The number of sulfonamides is 1. The molecule has 2 atom stereocenters. The Labute approximate surface area is 185 Å². The molecule has 0 spiro atoms. The lowest BCUT2D eigenvalue weighted by Crippen LogP contribution is -2.49. The van der Waals surface area contributed by atoms with Gasteiger partial charge >= 0.3 is 0 Å². The number of hydrogen-bond donors (Lipinski definition) is 1. The van der Waals surface area contributed by atoms with Gasteiger partial charge in [-0.15, -0.1) is 0 Å². The summed E-state index contributed by atoms with van der Waals surface area (Å²) in [5.41, 5.74) is 0.132. The van der Waals surface area contributed by atoms with Gasteiger partial charge in [-0.2, -0.15) is 0 Å². The van der Waals surface area contributed by atoms with Crippen LogP contribution in [0.2, 0.25) is 0 Å². The van der Waals surface area contributed by atoms with E-state index in [9.17, 15) is 22.0 Å². The second-order valence-corrected chi connectivity index (χ2v) is 10.4. The maximum atomic E-state index is 15.4. The standard InChI is InChI=1S/C23H25F3N2O3S/c1-32(30,31)27-20-8-9-28(23(29)14-4-2-5-14)21(20)12-16-11-18(25)13-19(22(16)26)15-6-3-7-17(24)10-15/h3,6-7,10-11,13-14,20-21,27H,2,4-5,8-9,12H2,1H3/t20-,21-/m0/s1. The van der Waals surface area contributed by atoms with Crippen LogP contribution in [0.4, 0.5) is 13.2 Å². The van der Waals surface area contributed by atoms with Crippen molar-refractivity contribution in [2.75, 3.05) is 12.8 Å². The van der Waals surface area contributed by atoms with Crippen molar-refractivity contribution in [3.8, 4) is 11.1 Å². The molecule has 0 radical (unpaired) electrons. The Morgan fingerprint density at radius 2 is 1.84 bits per heavy atom. The summed E-state index contributed by atoms with van der Waals surface area (Å²) < 4.78 is 69.8. The molecule has 2 aromatic rings. The van der Waals surface area contributed by atoms with Crippen molar-refractivity contribution in [3.05, 3.63) is 59.4 Å². The summed E-state index contributed by atoms with van der Waals surface area (Å²) >= 11 is 0. The zero-order chi connectivity index (χ0) is 23.0. The Morgan fingerprint density at radius 1 is 1.09 bits per heavy atom. The third-order valence-corrected chi connectivity index (χ3v) is 7.06. The Kier molecular flexibility index (Phi) is 6.31. The molecule has 0 unspecified atom stereocenters. The van der Waals surface area contributed by atoms with Crippen molar-refractivity contribution in [2.45, 2.75) is 44.2 Å². The first kappa shape index (κ1) is 22.8. The average molecular weight is 467 g/mol. The molecule has 1 saturated heterocycles. The van der Waals surface area contributed by atoms with Gasteiger partial charge in [0.2, 0.25) is 15.9 Å². The number of halogens is 3. The largest absolute Gasteiger partial charge is 0.337 e. The van der Waals surface area contributed by atoms with Gasteiger partial charge in [-0.3, -0.25) is 4.79 Å². The first-order valence-corrected chi connectivity index (χ1v) is 12.5. The minimum Gasteiger partial charge on any atom is -0.337 e. The van der Waals surface area contributed by atoms with Gasteiger partial charge in [0.1, 0.15) is 17.5 Å². The smallest absolute Gasteiger partial charge is 0.225 e. The van der Waals surface area contributed by atoms with E-state index in [1.165, 1.54) is 18.2 Å². The van der Waals surface area contributed by atoms with Crippen LogP contribution in [0.1, 0.15) is 31.2 Å². The van der Waals surface area contributed by atoms with Crippen LogP contribution in [0.3, 0.4) is 0 Å². The maximum absolute atomic E-state index is 15.4. The highest BCUT2D eigenvalue weighted by Crippen LogP contribution is 2.34. The molecule has 32 heavy (non-hydrogen) atoms. The topological polar surface area (TPSA) is 66.5 Å². The Hall–Kier alpha value is -2.39. The predicted octanol–water partition coefficient (Wildman–Crippen LogP) is 3.63. The molecule has 2 aromatic carbocycles. The molecule has 0 bridgehead atoms. The van der Waals surface area contributed by atoms with Crippen molar-refractivity contribution in [1.29, 1.82) is 0 Å². The number of likely N-dealkylation sites (tertiary alicyclic amines) is 1. The van der Waals surface area contributed by atoms with Crippen molar-refractivity contribution < 1.29 is 26.4 Å². The molecule has 1 N–H and O–H groups in total. The highest BCUT2D eigenvalue weighted by Gasteiger charge is 2.42. The first-order valence-electron chi connectivity index (χ1n) is 10.6. The number of benzene rings is 2. The fourth-order valence-electron chi connectivity index (χ4n) is 4.57. The molecule has 2 fully saturated rings. The van der Waals surface area contributed by atoms with Gasteiger partial charge in [-0.25, -0.2) is 26.3 Å². The molecule has 5 nitrogen and oxygen atoms in total. The number of carbonyl (C=O) groups is 1. The lowest BCUT2D eigenvalue weighted by Gasteiger charge is -2.34. The van der Waals surface area contributed by atoms with Crippen LogP contribution >= 0.6 is 0 Å². The van der Waals surface area contributed by atoms with Crippen LogP contribution in [0.15, 0.2) is 36.4 Å². The van der Waals surface area contributed by atoms with Gasteiger partial charge < -0.3 is 4.90 Å². The number of amides is 1. The van der Waals surface area contributed by atoms with E-state index in [1.807, 2.05) is 0 Å². The van der Waals surface area contributed by atoms with Crippen LogP contribution in [-0.4, -0.2) is 44.1 Å². The molecule has 1 aliphatic carbocycles. The fraction of sp³-hybridized carbons (Fsp3) is 0.435. The minimum absolute atomic E-state index is 0.0165. The Morgan fingerprint density at radius 3 is 2.47 bits per heavy atom. The molecular weight excluding hydrogens is 441 g/mol. The summed E-state index contributed by atoms with van der Waals surface area (Å²) in [6, 6.07) is 6.05. The highest BCUT2D eigenvalue weighted by molar-refractivity contribution is 7.88. The van der Waals surface area contributed by atoms with E-state index >= 15 is 4.39 Å². The molecule has 2 aliphatic rings. The van der Waals surface area contributed by atoms with Crippen molar-refractivity contribution in [3.63, 3.8) is 0 Å². The molecule has 1 amide bonds. The fourth-order valence-corrected chi connectivity index (χ4v) is 5.39. The van der Waals surface area contributed by atoms with Gasteiger partial charge in [0.05, 0.1) is 12.3 Å². The minimum atomic E-state index is -3.57. The summed E-state index contributed by atoms with van der Waals surface area (Å²) in [6.45, 7) is 0.348. The molecular formula is C23H25F3N2O3S. The van der Waals surface area contributed by atoms with Crippen LogP contribution in [0, 0.1) is 23.4 Å². The van der Waals surface area contributed by atoms with E-state index in [-0.39, 0.29) is 34.9 Å². The average Bonchev–Trinajstić information content (AvgIpc) is 3.03. The van der Waals surface area contributed by atoms with E-state index in [1.54, 1.807) is 4.90 Å². The zero-order valence-corrected chi connectivity index (χ0v) is 18.5. The number of carbonyl (C=O) groups excluding carboxylic acids is 1. The van der Waals surface area contributed by atoms with Crippen LogP contribution in [0.25, 0.3) is 11.1 Å². The third-order valence-electron chi connectivity index (χ3n) is 6.33. The number of rotatable bonds is 6. The van der Waals surface area contributed by atoms with Gasteiger partial charge in [-0.05, 0) is 61.1 Å². The molecule has 172 valence electrons.